The molecule has 1 aromatic heterocycles. The minimum atomic E-state index is 0.183. The fourth-order valence-electron chi connectivity index (χ4n) is 3.34. The first-order valence-electron chi connectivity index (χ1n) is 6.67. The first-order chi connectivity index (χ1) is 8.63. The van der Waals surface area contributed by atoms with Crippen molar-refractivity contribution in [2.75, 3.05) is 13.1 Å². The number of carbonyl (C=O) groups is 1. The van der Waals surface area contributed by atoms with Crippen LogP contribution in [0.1, 0.15) is 24.2 Å². The highest BCUT2D eigenvalue weighted by Gasteiger charge is 2.42. The number of fused-ring (bicyclic) bond motifs is 1. The Morgan fingerprint density at radius 2 is 2.39 bits per heavy atom. The molecule has 1 saturated heterocycles. The van der Waals surface area contributed by atoms with Crippen molar-refractivity contribution in [3.8, 4) is 0 Å². The van der Waals surface area contributed by atoms with Gasteiger partial charge in [0.2, 0.25) is 5.91 Å². The maximum Gasteiger partial charge on any atom is 0.228 e. The molecule has 1 aliphatic carbocycles. The summed E-state index contributed by atoms with van der Waals surface area (Å²) in [5.41, 5.74) is 7.91. The van der Waals surface area contributed by atoms with Gasteiger partial charge in [-0.1, -0.05) is 0 Å². The van der Waals surface area contributed by atoms with Gasteiger partial charge < -0.3 is 10.6 Å². The average molecular weight is 248 g/mol. The van der Waals surface area contributed by atoms with Crippen LogP contribution >= 0.6 is 0 Å². The fraction of sp³-hybridized carbons (Fsp3) is 0.692. The van der Waals surface area contributed by atoms with E-state index in [2.05, 4.69) is 10.2 Å². The molecule has 0 spiro atoms. The highest BCUT2D eigenvalue weighted by Crippen LogP contribution is 2.37. The molecule has 3 N–H and O–H groups in total. The lowest BCUT2D eigenvalue weighted by molar-refractivity contribution is -0.129. The third-order valence-electron chi connectivity index (χ3n) is 4.36. The number of likely N-dealkylation sites (tertiary alicyclic amines) is 1. The van der Waals surface area contributed by atoms with Crippen LogP contribution in [0.4, 0.5) is 0 Å². The summed E-state index contributed by atoms with van der Waals surface area (Å²) >= 11 is 0. The number of rotatable bonds is 2. The summed E-state index contributed by atoms with van der Waals surface area (Å²) in [5, 5.41) is 6.99. The third kappa shape index (κ3) is 2.03. The highest BCUT2D eigenvalue weighted by atomic mass is 16.2. The summed E-state index contributed by atoms with van der Waals surface area (Å²) in [7, 11) is 0. The number of carbonyl (C=O) groups excluding carboxylic acids is 1. The molecule has 2 aliphatic rings. The zero-order valence-corrected chi connectivity index (χ0v) is 10.7. The standard InChI is InChI=1S/C13H20N4O/c1-8-4-10(16-15-8)5-13(18)17-6-9-2-3-12(14)11(9)7-17/h4,9,11-12H,2-3,5-7,14H2,1H3,(H,15,16). The Morgan fingerprint density at radius 1 is 1.56 bits per heavy atom. The van der Waals surface area contributed by atoms with E-state index in [-0.39, 0.29) is 5.91 Å². The van der Waals surface area contributed by atoms with E-state index in [1.54, 1.807) is 0 Å². The Labute approximate surface area is 107 Å². The zero-order valence-electron chi connectivity index (χ0n) is 10.7. The molecule has 1 aromatic rings. The molecule has 1 amide bonds. The third-order valence-corrected chi connectivity index (χ3v) is 4.36. The molecule has 5 nitrogen and oxygen atoms in total. The number of nitrogens with two attached hydrogens (primary N) is 1. The Bertz CT molecular complexity index is 456. The molecule has 5 heteroatoms. The first kappa shape index (κ1) is 11.7. The summed E-state index contributed by atoms with van der Waals surface area (Å²) in [6.45, 7) is 3.68. The van der Waals surface area contributed by atoms with Gasteiger partial charge >= 0.3 is 0 Å². The van der Waals surface area contributed by atoms with Crippen LogP contribution in [-0.4, -0.2) is 40.1 Å². The van der Waals surface area contributed by atoms with Crippen LogP contribution in [0.15, 0.2) is 6.07 Å². The van der Waals surface area contributed by atoms with Crippen molar-refractivity contribution in [3.63, 3.8) is 0 Å². The van der Waals surface area contributed by atoms with Gasteiger partial charge in [-0.15, -0.1) is 0 Å². The van der Waals surface area contributed by atoms with Gasteiger partial charge in [-0.2, -0.15) is 5.10 Å². The number of amides is 1. The molecule has 0 bridgehead atoms. The van der Waals surface area contributed by atoms with Crippen molar-refractivity contribution < 1.29 is 4.79 Å². The molecule has 3 rings (SSSR count). The lowest BCUT2D eigenvalue weighted by Crippen LogP contribution is -2.34. The van der Waals surface area contributed by atoms with E-state index in [9.17, 15) is 4.79 Å². The van der Waals surface area contributed by atoms with Crippen molar-refractivity contribution in [2.45, 2.75) is 32.2 Å². The molecule has 1 saturated carbocycles. The number of nitrogens with zero attached hydrogens (tertiary/aromatic N) is 2. The molecule has 0 radical (unpaired) electrons. The quantitative estimate of drug-likeness (QED) is 0.798. The van der Waals surface area contributed by atoms with Gasteiger partial charge in [0.25, 0.3) is 0 Å². The number of aryl methyl sites for hydroxylation is 1. The Kier molecular flexibility index (Phi) is 2.86. The number of hydrogen-bond acceptors (Lipinski definition) is 3. The van der Waals surface area contributed by atoms with Gasteiger partial charge in [0, 0.05) is 24.8 Å². The molecule has 1 aliphatic heterocycles. The first-order valence-corrected chi connectivity index (χ1v) is 6.67. The van der Waals surface area contributed by atoms with Crippen molar-refractivity contribution in [3.05, 3.63) is 17.5 Å². The van der Waals surface area contributed by atoms with Gasteiger partial charge in [0.1, 0.15) is 0 Å². The minimum absolute atomic E-state index is 0.183. The van der Waals surface area contributed by atoms with Crippen molar-refractivity contribution in [1.82, 2.24) is 15.1 Å². The topological polar surface area (TPSA) is 75.0 Å². The van der Waals surface area contributed by atoms with Crippen LogP contribution in [0.5, 0.6) is 0 Å². The van der Waals surface area contributed by atoms with Gasteiger partial charge in [0.05, 0.1) is 12.1 Å². The van der Waals surface area contributed by atoms with E-state index in [4.69, 9.17) is 5.73 Å². The smallest absolute Gasteiger partial charge is 0.228 e. The van der Waals surface area contributed by atoms with Crippen LogP contribution in [0.2, 0.25) is 0 Å². The summed E-state index contributed by atoms with van der Waals surface area (Å²) in [4.78, 5) is 14.2. The van der Waals surface area contributed by atoms with Crippen LogP contribution in [0.25, 0.3) is 0 Å². The zero-order chi connectivity index (χ0) is 12.7. The number of H-pyrrole nitrogens is 1. The van der Waals surface area contributed by atoms with Gasteiger partial charge in [-0.25, -0.2) is 0 Å². The maximum absolute atomic E-state index is 12.2. The molecule has 2 heterocycles. The minimum Gasteiger partial charge on any atom is -0.342 e. The van der Waals surface area contributed by atoms with Crippen molar-refractivity contribution in [2.24, 2.45) is 17.6 Å². The molecular formula is C13H20N4O. The van der Waals surface area contributed by atoms with Crippen molar-refractivity contribution >= 4 is 5.91 Å². The second-order valence-electron chi connectivity index (χ2n) is 5.68. The summed E-state index contributed by atoms with van der Waals surface area (Å²) in [6.07, 6.45) is 2.70. The van der Waals surface area contributed by atoms with Crippen molar-refractivity contribution in [1.29, 1.82) is 0 Å². The van der Waals surface area contributed by atoms with E-state index in [0.29, 0.717) is 24.3 Å². The molecule has 3 atom stereocenters. The van der Waals surface area contributed by atoms with Crippen LogP contribution < -0.4 is 5.73 Å². The molecule has 3 unspecified atom stereocenters. The van der Waals surface area contributed by atoms with E-state index >= 15 is 0 Å². The van der Waals surface area contributed by atoms with Crippen LogP contribution in [0, 0.1) is 18.8 Å². The summed E-state index contributed by atoms with van der Waals surface area (Å²) < 4.78 is 0. The lowest BCUT2D eigenvalue weighted by atomic mass is 9.98. The SMILES string of the molecule is Cc1cc(CC(=O)N2CC3CCC(N)C3C2)n[nH]1. The van der Waals surface area contributed by atoms with E-state index in [1.165, 1.54) is 6.42 Å². The Morgan fingerprint density at radius 3 is 3.06 bits per heavy atom. The molecule has 2 fully saturated rings. The van der Waals surface area contributed by atoms with Crippen LogP contribution in [-0.2, 0) is 11.2 Å². The molecule has 98 valence electrons. The molecular weight excluding hydrogens is 228 g/mol. The Hall–Kier alpha value is -1.36. The van der Waals surface area contributed by atoms with Gasteiger partial charge in [-0.05, 0) is 37.7 Å². The summed E-state index contributed by atoms with van der Waals surface area (Å²) in [6, 6.07) is 2.22. The fourth-order valence-corrected chi connectivity index (χ4v) is 3.34. The number of nitrogens with one attached hydrogen (secondary N) is 1. The second kappa shape index (κ2) is 4.39. The number of aromatic nitrogens is 2. The number of aromatic amines is 1. The van der Waals surface area contributed by atoms with Gasteiger partial charge in [0.15, 0.2) is 0 Å². The highest BCUT2D eigenvalue weighted by molar-refractivity contribution is 5.78. The normalized spacial score (nSPS) is 30.8. The monoisotopic (exact) mass is 248 g/mol. The number of hydrogen-bond donors (Lipinski definition) is 2. The van der Waals surface area contributed by atoms with Gasteiger partial charge in [-0.3, -0.25) is 9.89 Å². The van der Waals surface area contributed by atoms with E-state index in [1.807, 2.05) is 17.9 Å². The Balaban J connectivity index is 1.61. The maximum atomic E-state index is 12.2. The lowest BCUT2D eigenvalue weighted by Gasteiger charge is -2.18. The molecule has 18 heavy (non-hydrogen) atoms. The largest absolute Gasteiger partial charge is 0.342 e. The predicted octanol–water partition coefficient (Wildman–Crippen LogP) is 0.456. The average Bonchev–Trinajstić information content (AvgIpc) is 2.98. The molecule has 0 aromatic carbocycles. The van der Waals surface area contributed by atoms with Crippen LogP contribution in [0.3, 0.4) is 0 Å². The van der Waals surface area contributed by atoms with E-state index in [0.717, 1.165) is 30.9 Å². The second-order valence-corrected chi connectivity index (χ2v) is 5.68. The predicted molar refractivity (Wildman–Crippen MR) is 67.8 cm³/mol. The van der Waals surface area contributed by atoms with E-state index < -0.39 is 0 Å². The summed E-state index contributed by atoms with van der Waals surface area (Å²) in [5.74, 6) is 1.34.